The van der Waals surface area contributed by atoms with Crippen LogP contribution < -0.4 is 15.8 Å². The average Bonchev–Trinajstić information content (AvgIpc) is 2.42. The standard InChI is InChI=1S/C15H18N2O/c1-3-11-4-6-12(7-5-11)17-15-9-8-13(18-2)10-14(15)16/h4-10,17H,3,16H2,1-2H3. The van der Waals surface area contributed by atoms with Crippen molar-refractivity contribution in [1.82, 2.24) is 0 Å². The summed E-state index contributed by atoms with van der Waals surface area (Å²) in [5.74, 6) is 0.763. The number of anilines is 3. The third-order valence-electron chi connectivity index (χ3n) is 2.90. The summed E-state index contributed by atoms with van der Waals surface area (Å²) in [6.07, 6.45) is 1.05. The summed E-state index contributed by atoms with van der Waals surface area (Å²) in [5, 5.41) is 3.29. The first-order valence-electron chi connectivity index (χ1n) is 6.02. The first-order valence-corrected chi connectivity index (χ1v) is 6.02. The van der Waals surface area contributed by atoms with Crippen LogP contribution in [0.5, 0.6) is 5.75 Å². The van der Waals surface area contributed by atoms with Gasteiger partial charge in [-0.15, -0.1) is 0 Å². The van der Waals surface area contributed by atoms with Gasteiger partial charge in [-0.05, 0) is 36.2 Å². The van der Waals surface area contributed by atoms with Crippen LogP contribution in [0, 0.1) is 0 Å². The highest BCUT2D eigenvalue weighted by molar-refractivity contribution is 5.73. The van der Waals surface area contributed by atoms with E-state index in [-0.39, 0.29) is 0 Å². The second-order valence-corrected chi connectivity index (χ2v) is 4.13. The van der Waals surface area contributed by atoms with Crippen molar-refractivity contribution < 1.29 is 4.74 Å². The minimum Gasteiger partial charge on any atom is -0.497 e. The Morgan fingerprint density at radius 2 is 1.83 bits per heavy atom. The summed E-state index contributed by atoms with van der Waals surface area (Å²) in [4.78, 5) is 0. The van der Waals surface area contributed by atoms with Crippen molar-refractivity contribution >= 4 is 17.1 Å². The highest BCUT2D eigenvalue weighted by Crippen LogP contribution is 2.27. The van der Waals surface area contributed by atoms with Crippen molar-refractivity contribution in [2.24, 2.45) is 0 Å². The van der Waals surface area contributed by atoms with E-state index in [1.807, 2.05) is 18.2 Å². The van der Waals surface area contributed by atoms with E-state index in [1.165, 1.54) is 5.56 Å². The van der Waals surface area contributed by atoms with Gasteiger partial charge in [-0.25, -0.2) is 0 Å². The Hall–Kier alpha value is -2.16. The van der Waals surface area contributed by atoms with Crippen LogP contribution >= 0.6 is 0 Å². The third-order valence-corrected chi connectivity index (χ3v) is 2.90. The second kappa shape index (κ2) is 5.45. The van der Waals surface area contributed by atoms with E-state index in [2.05, 4.69) is 36.5 Å². The molecule has 0 aliphatic carbocycles. The van der Waals surface area contributed by atoms with Crippen molar-refractivity contribution in [2.45, 2.75) is 13.3 Å². The fraction of sp³-hybridized carbons (Fsp3) is 0.200. The Morgan fingerprint density at radius 3 is 2.39 bits per heavy atom. The van der Waals surface area contributed by atoms with Gasteiger partial charge in [0.1, 0.15) is 5.75 Å². The Kier molecular flexibility index (Phi) is 3.72. The summed E-state index contributed by atoms with van der Waals surface area (Å²) < 4.78 is 5.12. The first kappa shape index (κ1) is 12.3. The summed E-state index contributed by atoms with van der Waals surface area (Å²) in [5.41, 5.74) is 9.88. The van der Waals surface area contributed by atoms with Crippen LogP contribution in [0.15, 0.2) is 42.5 Å². The Labute approximate surface area is 108 Å². The van der Waals surface area contributed by atoms with Gasteiger partial charge in [0.15, 0.2) is 0 Å². The molecule has 0 fully saturated rings. The molecule has 0 aliphatic rings. The summed E-state index contributed by atoms with van der Waals surface area (Å²) in [6, 6.07) is 14.0. The van der Waals surface area contributed by atoms with E-state index in [0.717, 1.165) is 23.5 Å². The monoisotopic (exact) mass is 242 g/mol. The second-order valence-electron chi connectivity index (χ2n) is 4.13. The Balaban J connectivity index is 2.17. The van der Waals surface area contributed by atoms with Crippen LogP contribution in [0.2, 0.25) is 0 Å². The van der Waals surface area contributed by atoms with Gasteiger partial charge >= 0.3 is 0 Å². The number of hydrogen-bond donors (Lipinski definition) is 2. The molecule has 2 aromatic carbocycles. The molecule has 0 saturated heterocycles. The van der Waals surface area contributed by atoms with E-state index in [0.29, 0.717) is 5.69 Å². The lowest BCUT2D eigenvalue weighted by Crippen LogP contribution is -1.97. The zero-order chi connectivity index (χ0) is 13.0. The maximum absolute atomic E-state index is 5.96. The molecule has 3 heteroatoms. The molecule has 3 nitrogen and oxygen atoms in total. The molecule has 0 spiro atoms. The normalized spacial score (nSPS) is 10.1. The molecular formula is C15H18N2O. The number of nitrogens with one attached hydrogen (secondary N) is 1. The predicted molar refractivity (Wildman–Crippen MR) is 76.5 cm³/mol. The topological polar surface area (TPSA) is 47.3 Å². The molecule has 0 radical (unpaired) electrons. The largest absolute Gasteiger partial charge is 0.497 e. The number of ether oxygens (including phenoxy) is 1. The number of nitrogen functional groups attached to an aromatic ring is 1. The van der Waals surface area contributed by atoms with Crippen molar-refractivity contribution in [1.29, 1.82) is 0 Å². The quantitative estimate of drug-likeness (QED) is 0.805. The molecular weight excluding hydrogens is 224 g/mol. The van der Waals surface area contributed by atoms with Gasteiger partial charge in [-0.2, -0.15) is 0 Å². The summed E-state index contributed by atoms with van der Waals surface area (Å²) in [7, 11) is 1.63. The molecule has 0 unspecified atom stereocenters. The average molecular weight is 242 g/mol. The molecule has 2 aromatic rings. The van der Waals surface area contributed by atoms with Crippen LogP contribution in [-0.2, 0) is 6.42 Å². The van der Waals surface area contributed by atoms with E-state index in [1.54, 1.807) is 7.11 Å². The molecule has 0 aliphatic heterocycles. The fourth-order valence-electron chi connectivity index (χ4n) is 1.76. The molecule has 18 heavy (non-hydrogen) atoms. The van der Waals surface area contributed by atoms with Gasteiger partial charge in [0, 0.05) is 11.8 Å². The molecule has 0 heterocycles. The van der Waals surface area contributed by atoms with Crippen molar-refractivity contribution in [3.05, 3.63) is 48.0 Å². The molecule has 3 N–H and O–H groups in total. The molecule has 94 valence electrons. The lowest BCUT2D eigenvalue weighted by atomic mass is 10.1. The van der Waals surface area contributed by atoms with Gasteiger partial charge in [0.25, 0.3) is 0 Å². The number of nitrogens with two attached hydrogens (primary N) is 1. The van der Waals surface area contributed by atoms with E-state index in [4.69, 9.17) is 10.5 Å². The summed E-state index contributed by atoms with van der Waals surface area (Å²) in [6.45, 7) is 2.14. The molecule has 0 aromatic heterocycles. The first-order chi connectivity index (χ1) is 8.72. The number of rotatable bonds is 4. The van der Waals surface area contributed by atoms with E-state index in [9.17, 15) is 0 Å². The zero-order valence-electron chi connectivity index (χ0n) is 10.7. The lowest BCUT2D eigenvalue weighted by molar-refractivity contribution is 0.415. The van der Waals surface area contributed by atoms with Crippen LogP contribution in [0.1, 0.15) is 12.5 Å². The molecule has 0 saturated carbocycles. The van der Waals surface area contributed by atoms with Gasteiger partial charge in [0.2, 0.25) is 0 Å². The molecule has 2 rings (SSSR count). The van der Waals surface area contributed by atoms with Crippen molar-refractivity contribution in [2.75, 3.05) is 18.2 Å². The SMILES string of the molecule is CCc1ccc(Nc2ccc(OC)cc2N)cc1. The minimum atomic E-state index is 0.675. The third kappa shape index (κ3) is 2.74. The maximum atomic E-state index is 5.96. The van der Waals surface area contributed by atoms with Crippen molar-refractivity contribution in [3.8, 4) is 5.75 Å². The highest BCUT2D eigenvalue weighted by Gasteiger charge is 2.01. The summed E-state index contributed by atoms with van der Waals surface area (Å²) >= 11 is 0. The minimum absolute atomic E-state index is 0.675. The fourth-order valence-corrected chi connectivity index (χ4v) is 1.76. The molecule has 0 amide bonds. The van der Waals surface area contributed by atoms with Crippen molar-refractivity contribution in [3.63, 3.8) is 0 Å². The Bertz CT molecular complexity index is 521. The van der Waals surface area contributed by atoms with Crippen LogP contribution in [0.3, 0.4) is 0 Å². The number of methoxy groups -OCH3 is 1. The van der Waals surface area contributed by atoms with E-state index >= 15 is 0 Å². The van der Waals surface area contributed by atoms with Gasteiger partial charge < -0.3 is 15.8 Å². The van der Waals surface area contributed by atoms with Gasteiger partial charge in [0.05, 0.1) is 18.5 Å². The van der Waals surface area contributed by atoms with E-state index < -0.39 is 0 Å². The Morgan fingerprint density at radius 1 is 1.11 bits per heavy atom. The number of hydrogen-bond acceptors (Lipinski definition) is 3. The smallest absolute Gasteiger partial charge is 0.121 e. The lowest BCUT2D eigenvalue weighted by Gasteiger charge is -2.11. The predicted octanol–water partition coefficient (Wildman–Crippen LogP) is 3.58. The van der Waals surface area contributed by atoms with Crippen LogP contribution in [0.25, 0.3) is 0 Å². The van der Waals surface area contributed by atoms with Crippen LogP contribution in [-0.4, -0.2) is 7.11 Å². The maximum Gasteiger partial charge on any atom is 0.121 e. The number of aryl methyl sites for hydroxylation is 1. The van der Waals surface area contributed by atoms with Crippen LogP contribution in [0.4, 0.5) is 17.1 Å². The molecule has 0 atom stereocenters. The van der Waals surface area contributed by atoms with Gasteiger partial charge in [-0.3, -0.25) is 0 Å². The highest BCUT2D eigenvalue weighted by atomic mass is 16.5. The zero-order valence-corrected chi connectivity index (χ0v) is 10.7. The van der Waals surface area contributed by atoms with Gasteiger partial charge in [-0.1, -0.05) is 19.1 Å². The number of benzene rings is 2. The molecule has 0 bridgehead atoms.